The van der Waals surface area contributed by atoms with Gasteiger partial charge in [-0.15, -0.1) is 0 Å². The lowest BCUT2D eigenvalue weighted by Crippen LogP contribution is -2.52. The molecule has 0 bridgehead atoms. The lowest BCUT2D eigenvalue weighted by atomic mass is 9.95. The first kappa shape index (κ1) is 32.0. The van der Waals surface area contributed by atoms with Crippen LogP contribution in [0.15, 0.2) is 0 Å². The van der Waals surface area contributed by atoms with E-state index >= 15 is 0 Å². The van der Waals surface area contributed by atoms with Gasteiger partial charge in [-0.1, -0.05) is 53.4 Å². The Hall–Kier alpha value is -1.96. The van der Waals surface area contributed by atoms with Crippen molar-refractivity contribution in [2.75, 3.05) is 7.11 Å². The summed E-state index contributed by atoms with van der Waals surface area (Å²) < 4.78 is 10.8. The van der Waals surface area contributed by atoms with Gasteiger partial charge in [-0.2, -0.15) is 0 Å². The molecule has 0 aliphatic rings. The summed E-state index contributed by atoms with van der Waals surface area (Å²) in [5.74, 6) is -2.29. The van der Waals surface area contributed by atoms with E-state index in [2.05, 4.69) is 17.6 Å². The second-order valence-electron chi connectivity index (χ2n) is 10.3. The molecular formula is C26H48N2O6. The third-order valence-corrected chi connectivity index (χ3v) is 5.68. The Morgan fingerprint density at radius 1 is 0.824 bits per heavy atom. The molecule has 0 aliphatic carbocycles. The van der Waals surface area contributed by atoms with Crippen LogP contribution in [0, 0.1) is 11.8 Å². The van der Waals surface area contributed by atoms with Gasteiger partial charge in [0.05, 0.1) is 18.8 Å². The van der Waals surface area contributed by atoms with E-state index in [9.17, 15) is 19.2 Å². The van der Waals surface area contributed by atoms with E-state index in [-0.39, 0.29) is 24.0 Å². The Morgan fingerprint density at radius 2 is 1.41 bits per heavy atom. The summed E-state index contributed by atoms with van der Waals surface area (Å²) >= 11 is 0. The van der Waals surface area contributed by atoms with E-state index in [1.54, 1.807) is 13.8 Å². The van der Waals surface area contributed by atoms with Crippen LogP contribution in [0.2, 0.25) is 0 Å². The molecule has 0 aromatic carbocycles. The van der Waals surface area contributed by atoms with Gasteiger partial charge in [0.1, 0.15) is 12.1 Å². The molecule has 2 N–H and O–H groups in total. The van der Waals surface area contributed by atoms with Crippen LogP contribution in [0.25, 0.3) is 0 Å². The van der Waals surface area contributed by atoms with Gasteiger partial charge in [-0.3, -0.25) is 14.4 Å². The Labute approximate surface area is 206 Å². The first-order chi connectivity index (χ1) is 15.8. The molecule has 2 amide bonds. The van der Waals surface area contributed by atoms with Gasteiger partial charge in [-0.05, 0) is 40.5 Å². The highest BCUT2D eigenvalue weighted by molar-refractivity contribution is 5.94. The number of unbranched alkanes of at least 4 members (excludes halogenated alkanes) is 2. The molecule has 0 saturated heterocycles. The minimum atomic E-state index is -0.873. The first-order valence-corrected chi connectivity index (χ1v) is 12.7. The molecule has 0 aromatic heterocycles. The second kappa shape index (κ2) is 15.8. The summed E-state index contributed by atoms with van der Waals surface area (Å²) in [5.41, 5.74) is -0.507. The molecule has 0 rings (SSSR count). The molecule has 0 aromatic rings. The smallest absolute Gasteiger partial charge is 0.328 e. The Kier molecular flexibility index (Phi) is 14.9. The fourth-order valence-corrected chi connectivity index (χ4v) is 3.77. The number of Topliss-reactive ketones (excluding diaryl/α,β-unsaturated/α-hetero) is 1. The van der Waals surface area contributed by atoms with E-state index in [4.69, 9.17) is 9.47 Å². The average Bonchev–Trinajstić information content (AvgIpc) is 2.74. The molecule has 8 nitrogen and oxygen atoms in total. The summed E-state index contributed by atoms with van der Waals surface area (Å²) in [6, 6.07) is -1.61. The van der Waals surface area contributed by atoms with Crippen molar-refractivity contribution in [3.05, 3.63) is 0 Å². The molecule has 198 valence electrons. The predicted molar refractivity (Wildman–Crippen MR) is 133 cm³/mol. The van der Waals surface area contributed by atoms with Crippen LogP contribution in [0.4, 0.5) is 0 Å². The molecule has 0 unspecified atom stereocenters. The second-order valence-corrected chi connectivity index (χ2v) is 10.3. The lowest BCUT2D eigenvalue weighted by Gasteiger charge is -2.31. The van der Waals surface area contributed by atoms with Crippen molar-refractivity contribution >= 4 is 23.6 Å². The molecule has 0 fully saturated rings. The van der Waals surface area contributed by atoms with E-state index in [1.165, 1.54) is 7.11 Å². The number of esters is 1. The Bertz CT molecular complexity index is 658. The highest BCUT2D eigenvalue weighted by atomic mass is 16.5. The number of ether oxygens (including phenoxy) is 2. The van der Waals surface area contributed by atoms with Crippen molar-refractivity contribution in [1.29, 1.82) is 0 Å². The van der Waals surface area contributed by atoms with E-state index < -0.39 is 41.6 Å². The minimum absolute atomic E-state index is 0.0837. The fourth-order valence-electron chi connectivity index (χ4n) is 3.77. The van der Waals surface area contributed by atoms with Crippen molar-refractivity contribution in [2.45, 2.75) is 124 Å². The molecule has 5 atom stereocenters. The highest BCUT2D eigenvalue weighted by Gasteiger charge is 2.33. The Morgan fingerprint density at radius 3 is 1.91 bits per heavy atom. The van der Waals surface area contributed by atoms with Crippen LogP contribution in [0.5, 0.6) is 0 Å². The zero-order valence-corrected chi connectivity index (χ0v) is 22.8. The molecule has 0 aliphatic heterocycles. The number of hydrogen-bond donors (Lipinski definition) is 2. The van der Waals surface area contributed by atoms with E-state index in [0.29, 0.717) is 12.8 Å². The van der Waals surface area contributed by atoms with Gasteiger partial charge in [-0.25, -0.2) is 4.79 Å². The van der Waals surface area contributed by atoms with Gasteiger partial charge in [0.2, 0.25) is 11.8 Å². The predicted octanol–water partition coefficient (Wildman–Crippen LogP) is 3.94. The number of nitrogens with one attached hydrogen (secondary N) is 2. The summed E-state index contributed by atoms with van der Waals surface area (Å²) in [4.78, 5) is 50.8. The van der Waals surface area contributed by atoms with Crippen LogP contribution >= 0.6 is 0 Å². The number of carbonyl (C=O) groups excluding carboxylic acids is 4. The summed E-state index contributed by atoms with van der Waals surface area (Å²) in [6.07, 6.45) is 4.13. The number of rotatable bonds is 16. The van der Waals surface area contributed by atoms with E-state index in [1.807, 2.05) is 34.6 Å². The maximum absolute atomic E-state index is 13.2. The molecule has 0 heterocycles. The normalized spacial score (nSPS) is 16.0. The minimum Gasteiger partial charge on any atom is -0.467 e. The maximum Gasteiger partial charge on any atom is 0.328 e. The van der Waals surface area contributed by atoms with Gasteiger partial charge in [0.15, 0.2) is 5.78 Å². The topological polar surface area (TPSA) is 111 Å². The van der Waals surface area contributed by atoms with Crippen LogP contribution in [-0.4, -0.2) is 54.5 Å². The van der Waals surface area contributed by atoms with Gasteiger partial charge in [0.25, 0.3) is 0 Å². The van der Waals surface area contributed by atoms with Crippen molar-refractivity contribution < 1.29 is 28.7 Å². The lowest BCUT2D eigenvalue weighted by molar-refractivity contribution is -0.146. The standard InChI is InChI=1S/C26H48N2O6/c1-10-12-13-15-20(25(32)33-9)27-24(31)18(4)16-21(29)22(19(5)34-26(6,7)8)28-23(30)17(3)14-11-2/h17-20,22H,10-16H2,1-9H3,(H,27,31)(H,28,30)/t17-,18+,19+,20-,22-/m0/s1. The average molecular weight is 485 g/mol. The van der Waals surface area contributed by atoms with Crippen LogP contribution in [0.3, 0.4) is 0 Å². The van der Waals surface area contributed by atoms with E-state index in [0.717, 1.165) is 25.7 Å². The first-order valence-electron chi connectivity index (χ1n) is 12.7. The summed E-state index contributed by atoms with van der Waals surface area (Å²) in [5, 5.41) is 5.58. The number of methoxy groups -OCH3 is 1. The summed E-state index contributed by atoms with van der Waals surface area (Å²) in [6.45, 7) is 14.9. The molecular weight excluding hydrogens is 436 g/mol. The van der Waals surface area contributed by atoms with Crippen LogP contribution < -0.4 is 10.6 Å². The highest BCUT2D eigenvalue weighted by Crippen LogP contribution is 2.17. The van der Waals surface area contributed by atoms with Crippen molar-refractivity contribution in [1.82, 2.24) is 10.6 Å². The zero-order chi connectivity index (χ0) is 26.5. The number of carbonyl (C=O) groups is 4. The molecule has 0 saturated carbocycles. The summed E-state index contributed by atoms with van der Waals surface area (Å²) in [7, 11) is 1.29. The van der Waals surface area contributed by atoms with Gasteiger partial charge >= 0.3 is 5.97 Å². The van der Waals surface area contributed by atoms with Gasteiger partial charge < -0.3 is 20.1 Å². The van der Waals surface area contributed by atoms with Crippen molar-refractivity contribution in [3.63, 3.8) is 0 Å². The third-order valence-electron chi connectivity index (χ3n) is 5.68. The monoisotopic (exact) mass is 484 g/mol. The number of ketones is 1. The largest absolute Gasteiger partial charge is 0.467 e. The zero-order valence-electron chi connectivity index (χ0n) is 22.8. The molecule has 0 spiro atoms. The maximum atomic E-state index is 13.2. The van der Waals surface area contributed by atoms with Gasteiger partial charge in [0, 0.05) is 18.3 Å². The molecule has 8 heteroatoms. The fraction of sp³-hybridized carbons (Fsp3) is 0.846. The van der Waals surface area contributed by atoms with Crippen molar-refractivity contribution in [3.8, 4) is 0 Å². The Balaban J connectivity index is 5.37. The third kappa shape index (κ3) is 12.5. The number of amides is 2. The SMILES string of the molecule is CCCCC[C@H](NC(=O)[C@H](C)CC(=O)[C@@H](NC(=O)[C@@H](C)CCC)[C@@H](C)OC(C)(C)C)C(=O)OC. The van der Waals surface area contributed by atoms with Crippen molar-refractivity contribution in [2.24, 2.45) is 11.8 Å². The number of hydrogen-bond acceptors (Lipinski definition) is 6. The van der Waals surface area contributed by atoms with Crippen LogP contribution in [-0.2, 0) is 28.7 Å². The quantitative estimate of drug-likeness (QED) is 0.254. The molecule has 34 heavy (non-hydrogen) atoms. The molecule has 0 radical (unpaired) electrons. The van der Waals surface area contributed by atoms with Crippen LogP contribution in [0.1, 0.15) is 100 Å².